The third-order valence-corrected chi connectivity index (χ3v) is 6.14. The van der Waals surface area contributed by atoms with Gasteiger partial charge in [0.05, 0.1) is 6.54 Å². The Labute approximate surface area is 195 Å². The van der Waals surface area contributed by atoms with Gasteiger partial charge in [0.2, 0.25) is 0 Å². The van der Waals surface area contributed by atoms with Crippen molar-refractivity contribution < 1.29 is 4.79 Å². The van der Waals surface area contributed by atoms with Gasteiger partial charge in [-0.05, 0) is 59.4 Å². The molecule has 1 aromatic heterocycles. The van der Waals surface area contributed by atoms with E-state index in [-0.39, 0.29) is 11.3 Å². The zero-order valence-electron chi connectivity index (χ0n) is 19.1. The number of hydrogen-bond donors (Lipinski definition) is 0. The van der Waals surface area contributed by atoms with Gasteiger partial charge in [-0.3, -0.25) is 4.79 Å². The molecule has 0 saturated heterocycles. The summed E-state index contributed by atoms with van der Waals surface area (Å²) in [4.78, 5) is 15.3. The van der Waals surface area contributed by atoms with E-state index in [9.17, 15) is 4.79 Å². The van der Waals surface area contributed by atoms with Gasteiger partial charge in [0.1, 0.15) is 0 Å². The van der Waals surface area contributed by atoms with Crippen molar-refractivity contribution in [2.75, 3.05) is 6.54 Å². The van der Waals surface area contributed by atoms with Gasteiger partial charge in [-0.2, -0.15) is 0 Å². The summed E-state index contributed by atoms with van der Waals surface area (Å²) in [6.45, 7) is 10.9. The maximum absolute atomic E-state index is 13.4. The fourth-order valence-corrected chi connectivity index (χ4v) is 3.89. The summed E-state index contributed by atoms with van der Waals surface area (Å²) in [6.07, 6.45) is 4.16. The van der Waals surface area contributed by atoms with E-state index in [0.29, 0.717) is 6.54 Å². The molecule has 2 aromatic carbocycles. The van der Waals surface area contributed by atoms with E-state index in [1.165, 1.54) is 11.1 Å². The predicted octanol–water partition coefficient (Wildman–Crippen LogP) is 7.04. The van der Waals surface area contributed by atoms with Crippen LogP contribution in [0.5, 0.6) is 0 Å². The molecule has 3 rings (SSSR count). The molecule has 164 valence electrons. The second-order valence-electron chi connectivity index (χ2n) is 9.16. The molecule has 0 bridgehead atoms. The van der Waals surface area contributed by atoms with Crippen LogP contribution in [-0.2, 0) is 18.5 Å². The first-order valence-electron chi connectivity index (χ1n) is 11.1. The largest absolute Gasteiger partial charge is 0.345 e. The van der Waals surface area contributed by atoms with Crippen LogP contribution in [0, 0.1) is 0 Å². The molecule has 1 heterocycles. The molecule has 1 amide bonds. The van der Waals surface area contributed by atoms with E-state index in [1.807, 2.05) is 17.0 Å². The summed E-state index contributed by atoms with van der Waals surface area (Å²) >= 11 is 3.50. The number of halogens is 1. The molecule has 4 heteroatoms. The number of aromatic nitrogens is 1. The van der Waals surface area contributed by atoms with E-state index < -0.39 is 0 Å². The molecule has 0 saturated carbocycles. The zero-order valence-corrected chi connectivity index (χ0v) is 20.7. The summed E-state index contributed by atoms with van der Waals surface area (Å²) in [5, 5.41) is 0. The third kappa shape index (κ3) is 6.33. The molecule has 0 aliphatic carbocycles. The highest BCUT2D eigenvalue weighted by Gasteiger charge is 2.19. The Bertz CT molecular complexity index is 981. The summed E-state index contributed by atoms with van der Waals surface area (Å²) < 4.78 is 3.32. The van der Waals surface area contributed by atoms with Crippen LogP contribution < -0.4 is 0 Å². The maximum Gasteiger partial charge on any atom is 0.254 e. The van der Waals surface area contributed by atoms with Crippen molar-refractivity contribution in [3.8, 4) is 0 Å². The molecular weight excluding hydrogens is 448 g/mol. The van der Waals surface area contributed by atoms with Gasteiger partial charge in [-0.1, -0.05) is 74.3 Å². The van der Waals surface area contributed by atoms with Gasteiger partial charge >= 0.3 is 0 Å². The first kappa shape index (κ1) is 23.3. The molecular formula is C27H33BrN2O. The van der Waals surface area contributed by atoms with Crippen LogP contribution in [-0.4, -0.2) is 21.9 Å². The molecule has 0 N–H and O–H groups in total. The minimum Gasteiger partial charge on any atom is -0.345 e. The average molecular weight is 481 g/mol. The van der Waals surface area contributed by atoms with Gasteiger partial charge in [-0.25, -0.2) is 0 Å². The van der Waals surface area contributed by atoms with E-state index in [2.05, 4.69) is 103 Å². The molecule has 0 atom stereocenters. The number of unbranched alkanes of at least 4 members (excludes halogenated alkanes) is 1. The molecule has 31 heavy (non-hydrogen) atoms. The van der Waals surface area contributed by atoms with Crippen LogP contribution in [0.2, 0.25) is 0 Å². The highest BCUT2D eigenvalue weighted by Crippen LogP contribution is 2.23. The molecule has 0 aliphatic rings. The monoisotopic (exact) mass is 480 g/mol. The number of benzene rings is 2. The van der Waals surface area contributed by atoms with Crippen molar-refractivity contribution in [2.24, 2.45) is 0 Å². The standard InChI is InChI=1S/C27H33BrN2O/c1-5-6-17-30(26(31)22-11-13-23(14-12-22)27(2,3)4)20-25-8-7-18-29(25)19-21-9-15-24(28)16-10-21/h7-16,18H,5-6,17,19-20H2,1-4H3. The molecule has 0 radical (unpaired) electrons. The van der Waals surface area contributed by atoms with Crippen molar-refractivity contribution in [1.82, 2.24) is 9.47 Å². The fraction of sp³-hybridized carbons (Fsp3) is 0.370. The zero-order chi connectivity index (χ0) is 22.4. The summed E-state index contributed by atoms with van der Waals surface area (Å²) in [7, 11) is 0. The Morgan fingerprint density at radius 1 is 1.00 bits per heavy atom. The maximum atomic E-state index is 13.4. The van der Waals surface area contributed by atoms with E-state index in [4.69, 9.17) is 0 Å². The topological polar surface area (TPSA) is 25.2 Å². The molecule has 0 spiro atoms. The summed E-state index contributed by atoms with van der Waals surface area (Å²) in [5.41, 5.74) is 4.48. The van der Waals surface area contributed by atoms with Crippen molar-refractivity contribution in [3.63, 3.8) is 0 Å². The van der Waals surface area contributed by atoms with Crippen molar-refractivity contribution >= 4 is 21.8 Å². The fourth-order valence-electron chi connectivity index (χ4n) is 3.63. The second kappa shape index (κ2) is 10.3. The lowest BCUT2D eigenvalue weighted by molar-refractivity contribution is 0.0737. The number of hydrogen-bond acceptors (Lipinski definition) is 1. The molecule has 0 unspecified atom stereocenters. The van der Waals surface area contributed by atoms with Gasteiger partial charge < -0.3 is 9.47 Å². The van der Waals surface area contributed by atoms with Gasteiger partial charge in [0, 0.05) is 35.0 Å². The van der Waals surface area contributed by atoms with Crippen LogP contribution in [0.4, 0.5) is 0 Å². The Kier molecular flexibility index (Phi) is 7.77. The summed E-state index contributed by atoms with van der Waals surface area (Å²) in [6, 6.07) is 20.7. The van der Waals surface area contributed by atoms with E-state index in [0.717, 1.165) is 41.7 Å². The molecule has 0 aliphatic heterocycles. The lowest BCUT2D eigenvalue weighted by Crippen LogP contribution is -2.32. The summed E-state index contributed by atoms with van der Waals surface area (Å²) in [5.74, 6) is 0.102. The van der Waals surface area contributed by atoms with Crippen molar-refractivity contribution in [2.45, 2.75) is 59.0 Å². The van der Waals surface area contributed by atoms with Gasteiger partial charge in [0.25, 0.3) is 5.91 Å². The smallest absolute Gasteiger partial charge is 0.254 e. The number of carbonyl (C=O) groups excluding carboxylic acids is 1. The lowest BCUT2D eigenvalue weighted by Gasteiger charge is -2.24. The molecule has 3 nitrogen and oxygen atoms in total. The van der Waals surface area contributed by atoms with Crippen molar-refractivity contribution in [3.05, 3.63) is 93.7 Å². The van der Waals surface area contributed by atoms with Crippen LogP contribution >= 0.6 is 15.9 Å². The minimum atomic E-state index is 0.0807. The van der Waals surface area contributed by atoms with Crippen LogP contribution in [0.25, 0.3) is 0 Å². The third-order valence-electron chi connectivity index (χ3n) is 5.61. The average Bonchev–Trinajstić information content (AvgIpc) is 3.18. The highest BCUT2D eigenvalue weighted by atomic mass is 79.9. The minimum absolute atomic E-state index is 0.0807. The Morgan fingerprint density at radius 3 is 2.29 bits per heavy atom. The number of nitrogens with zero attached hydrogens (tertiary/aromatic N) is 2. The van der Waals surface area contributed by atoms with E-state index in [1.54, 1.807) is 0 Å². The lowest BCUT2D eigenvalue weighted by atomic mass is 9.86. The van der Waals surface area contributed by atoms with E-state index >= 15 is 0 Å². The first-order chi connectivity index (χ1) is 14.8. The number of amides is 1. The predicted molar refractivity (Wildman–Crippen MR) is 132 cm³/mol. The SMILES string of the molecule is CCCCN(Cc1cccn1Cc1ccc(Br)cc1)C(=O)c1ccc(C(C)(C)C)cc1. The van der Waals surface area contributed by atoms with Crippen LogP contribution in [0.3, 0.4) is 0 Å². The second-order valence-corrected chi connectivity index (χ2v) is 10.1. The number of carbonyl (C=O) groups is 1. The Morgan fingerprint density at radius 2 is 1.68 bits per heavy atom. The highest BCUT2D eigenvalue weighted by molar-refractivity contribution is 9.10. The Balaban J connectivity index is 1.78. The van der Waals surface area contributed by atoms with Crippen LogP contribution in [0.15, 0.2) is 71.3 Å². The number of rotatable bonds is 8. The Hall–Kier alpha value is -2.33. The van der Waals surface area contributed by atoms with Gasteiger partial charge in [-0.15, -0.1) is 0 Å². The first-order valence-corrected chi connectivity index (χ1v) is 11.9. The van der Waals surface area contributed by atoms with Crippen LogP contribution in [0.1, 0.15) is 67.7 Å². The molecule has 3 aromatic rings. The molecule has 0 fully saturated rings. The van der Waals surface area contributed by atoms with Crippen molar-refractivity contribution in [1.29, 1.82) is 0 Å². The quantitative estimate of drug-likeness (QED) is 0.339. The normalized spacial score (nSPS) is 11.5. The van der Waals surface area contributed by atoms with Gasteiger partial charge in [0.15, 0.2) is 0 Å².